The number of nitrogens with zero attached hydrogens (tertiary/aromatic N) is 3. The molecule has 4 rings (SSSR count). The smallest absolute Gasteiger partial charge is 0.266 e. The first-order valence-electron chi connectivity index (χ1n) is 7.82. The second kappa shape index (κ2) is 5.42. The van der Waals surface area contributed by atoms with Gasteiger partial charge in [-0.25, -0.2) is 4.39 Å². The molecule has 1 atom stereocenters. The van der Waals surface area contributed by atoms with Crippen molar-refractivity contribution in [3.63, 3.8) is 0 Å². The maximum absolute atomic E-state index is 14.4. The lowest BCUT2D eigenvalue weighted by Crippen LogP contribution is -2.48. The van der Waals surface area contributed by atoms with Gasteiger partial charge in [0, 0.05) is 31.3 Å². The summed E-state index contributed by atoms with van der Waals surface area (Å²) in [4.78, 5) is 20.8. The van der Waals surface area contributed by atoms with Crippen molar-refractivity contribution in [2.24, 2.45) is 10.7 Å². The Morgan fingerprint density at radius 2 is 1.88 bits per heavy atom. The summed E-state index contributed by atoms with van der Waals surface area (Å²) < 4.78 is 14.4. The fourth-order valence-electron chi connectivity index (χ4n) is 3.31. The number of anilines is 2. The van der Waals surface area contributed by atoms with Gasteiger partial charge in [-0.05, 0) is 18.2 Å². The van der Waals surface area contributed by atoms with Gasteiger partial charge in [-0.2, -0.15) is 0 Å². The van der Waals surface area contributed by atoms with Crippen molar-refractivity contribution in [1.82, 2.24) is 0 Å². The van der Waals surface area contributed by atoms with Crippen LogP contribution in [0, 0.1) is 5.82 Å². The van der Waals surface area contributed by atoms with Crippen LogP contribution < -0.4 is 15.5 Å². The van der Waals surface area contributed by atoms with Crippen LogP contribution in [0.5, 0.6) is 0 Å². The van der Waals surface area contributed by atoms with Gasteiger partial charge in [-0.1, -0.05) is 24.3 Å². The van der Waals surface area contributed by atoms with Crippen LogP contribution >= 0.6 is 0 Å². The van der Waals surface area contributed by atoms with E-state index in [9.17, 15) is 9.18 Å². The highest BCUT2D eigenvalue weighted by Gasteiger charge is 2.35. The number of amides is 1. The predicted octanol–water partition coefficient (Wildman–Crippen LogP) is 1.74. The highest BCUT2D eigenvalue weighted by Crippen LogP contribution is 2.38. The van der Waals surface area contributed by atoms with Crippen LogP contribution in [0.4, 0.5) is 15.8 Å². The van der Waals surface area contributed by atoms with Gasteiger partial charge in [0.25, 0.3) is 5.91 Å². The summed E-state index contributed by atoms with van der Waals surface area (Å²) in [6.07, 6.45) is -1.04. The topological polar surface area (TPSA) is 61.9 Å². The molecule has 2 aliphatic rings. The van der Waals surface area contributed by atoms with Crippen molar-refractivity contribution in [2.45, 2.75) is 6.17 Å². The second-order valence-electron chi connectivity index (χ2n) is 5.99. The number of rotatable bonds is 1. The van der Waals surface area contributed by atoms with Crippen LogP contribution in [-0.4, -0.2) is 37.9 Å². The lowest BCUT2D eigenvalue weighted by molar-refractivity contribution is -0.119. The van der Waals surface area contributed by atoms with Crippen LogP contribution in [0.25, 0.3) is 0 Å². The van der Waals surface area contributed by atoms with E-state index in [0.717, 1.165) is 16.9 Å². The number of carbonyl (C=O) groups is 1. The van der Waals surface area contributed by atoms with Gasteiger partial charge in [0.05, 0.1) is 17.1 Å². The summed E-state index contributed by atoms with van der Waals surface area (Å²) in [7, 11) is 1.97. The molecule has 0 saturated heterocycles. The minimum absolute atomic E-state index is 0.261. The van der Waals surface area contributed by atoms with E-state index in [1.54, 1.807) is 23.1 Å². The lowest BCUT2D eigenvalue weighted by Gasteiger charge is -2.36. The molecule has 1 amide bonds. The molecule has 0 saturated carbocycles. The first-order valence-corrected chi connectivity index (χ1v) is 7.82. The summed E-state index contributed by atoms with van der Waals surface area (Å²) >= 11 is 0. The Bertz CT molecular complexity index is 864. The van der Waals surface area contributed by atoms with E-state index < -0.39 is 6.17 Å². The van der Waals surface area contributed by atoms with Crippen molar-refractivity contribution in [3.05, 3.63) is 59.4 Å². The molecule has 0 unspecified atom stereocenters. The Kier molecular flexibility index (Phi) is 3.35. The average molecular weight is 324 g/mol. The van der Waals surface area contributed by atoms with E-state index in [1.165, 1.54) is 6.07 Å². The zero-order chi connectivity index (χ0) is 16.8. The fraction of sp³-hybridized carbons (Fsp3) is 0.222. The number of likely N-dealkylation sites (N-methyl/N-ethyl adjacent to an activating group) is 1. The molecule has 0 aliphatic carbocycles. The molecule has 2 aromatic carbocycles. The molecule has 0 radical (unpaired) electrons. The summed E-state index contributed by atoms with van der Waals surface area (Å²) in [6, 6.07) is 12.1. The highest BCUT2D eigenvalue weighted by molar-refractivity contribution is 6.22. The molecule has 2 heterocycles. The van der Waals surface area contributed by atoms with Crippen molar-refractivity contribution in [1.29, 1.82) is 0 Å². The van der Waals surface area contributed by atoms with E-state index in [0.29, 0.717) is 24.4 Å². The molecule has 0 spiro atoms. The Hall–Kier alpha value is -2.73. The number of nitrogens with two attached hydrogens (primary N) is 1. The van der Waals surface area contributed by atoms with Gasteiger partial charge in [0.1, 0.15) is 5.82 Å². The summed E-state index contributed by atoms with van der Waals surface area (Å²) in [6.45, 7) is 1.25. The third kappa shape index (κ3) is 2.11. The fourth-order valence-corrected chi connectivity index (χ4v) is 3.31. The Balaban J connectivity index is 2.02. The van der Waals surface area contributed by atoms with Gasteiger partial charge in [-0.3, -0.25) is 9.79 Å². The first kappa shape index (κ1) is 14.8. The zero-order valence-electron chi connectivity index (χ0n) is 13.2. The Morgan fingerprint density at radius 1 is 1.12 bits per heavy atom. The van der Waals surface area contributed by atoms with Crippen molar-refractivity contribution >= 4 is 23.0 Å². The molecule has 2 aromatic rings. The second-order valence-corrected chi connectivity index (χ2v) is 5.99. The van der Waals surface area contributed by atoms with Gasteiger partial charge in [0.15, 0.2) is 6.17 Å². The Labute approximate surface area is 139 Å². The monoisotopic (exact) mass is 324 g/mol. The number of hydrogen-bond acceptors (Lipinski definition) is 4. The van der Waals surface area contributed by atoms with Crippen LogP contribution in [0.1, 0.15) is 11.1 Å². The van der Waals surface area contributed by atoms with Crippen LogP contribution in [-0.2, 0) is 4.79 Å². The molecule has 2 N–H and O–H groups in total. The minimum atomic E-state index is -1.04. The van der Waals surface area contributed by atoms with Gasteiger partial charge in [-0.15, -0.1) is 0 Å². The van der Waals surface area contributed by atoms with E-state index >= 15 is 0 Å². The molecule has 2 aliphatic heterocycles. The molecular weight excluding hydrogens is 307 g/mol. The third-order valence-corrected chi connectivity index (χ3v) is 4.53. The van der Waals surface area contributed by atoms with E-state index in [2.05, 4.69) is 9.89 Å². The number of carbonyl (C=O) groups excluding carboxylic acids is 1. The molecule has 122 valence electrons. The quantitative estimate of drug-likeness (QED) is 0.869. The molecule has 0 bridgehead atoms. The molecule has 0 aromatic heterocycles. The maximum atomic E-state index is 14.4. The van der Waals surface area contributed by atoms with Gasteiger partial charge < -0.3 is 15.5 Å². The third-order valence-electron chi connectivity index (χ3n) is 4.53. The number of benzene rings is 2. The molecule has 5 nitrogen and oxygen atoms in total. The number of hydrogen-bond donors (Lipinski definition) is 1. The van der Waals surface area contributed by atoms with Crippen LogP contribution in [0.2, 0.25) is 0 Å². The van der Waals surface area contributed by atoms with E-state index in [-0.39, 0.29) is 11.7 Å². The number of para-hydroxylation sites is 1. The predicted molar refractivity (Wildman–Crippen MR) is 92.1 cm³/mol. The highest BCUT2D eigenvalue weighted by atomic mass is 19.1. The van der Waals surface area contributed by atoms with E-state index in [1.807, 2.05) is 25.2 Å². The average Bonchev–Trinajstić information content (AvgIpc) is 2.69. The maximum Gasteiger partial charge on any atom is 0.266 e. The van der Waals surface area contributed by atoms with Crippen molar-refractivity contribution in [3.8, 4) is 0 Å². The van der Waals surface area contributed by atoms with Crippen LogP contribution in [0.15, 0.2) is 47.5 Å². The molecule has 24 heavy (non-hydrogen) atoms. The zero-order valence-corrected chi connectivity index (χ0v) is 13.2. The minimum Gasteiger partial charge on any atom is -0.371 e. The van der Waals surface area contributed by atoms with E-state index in [4.69, 9.17) is 5.73 Å². The lowest BCUT2D eigenvalue weighted by atomic mass is 9.97. The molecule has 6 heteroatoms. The summed E-state index contributed by atoms with van der Waals surface area (Å²) in [5, 5.41) is 0. The Morgan fingerprint density at radius 3 is 2.67 bits per heavy atom. The van der Waals surface area contributed by atoms with Gasteiger partial charge >= 0.3 is 0 Å². The molecule has 0 fully saturated rings. The largest absolute Gasteiger partial charge is 0.371 e. The normalized spacial score (nSPS) is 19.7. The van der Waals surface area contributed by atoms with Crippen LogP contribution in [0.3, 0.4) is 0 Å². The standard InChI is InChI=1S/C18H17FN4O/c1-22-9-10-23-16-12(6-4-8-14(16)22)15(21-17(20)18(23)24)11-5-2-3-7-13(11)19/h2-8,17H,9-10,20H2,1H3/t17-/m0/s1. The SMILES string of the molecule is CN1CCN2C(=O)[C@@H](N)N=C(c3ccccc3F)c3cccc1c32. The van der Waals surface area contributed by atoms with Crippen molar-refractivity contribution in [2.75, 3.05) is 29.9 Å². The molecular formula is C18H17FN4O. The van der Waals surface area contributed by atoms with Gasteiger partial charge in [0.2, 0.25) is 0 Å². The number of halogens is 1. The summed E-state index contributed by atoms with van der Waals surface area (Å²) in [5.41, 5.74) is 9.17. The first-order chi connectivity index (χ1) is 11.6. The summed E-state index contributed by atoms with van der Waals surface area (Å²) in [5.74, 6) is -0.644. The number of aliphatic imine (C=N–C) groups is 1. The van der Waals surface area contributed by atoms with Crippen molar-refractivity contribution < 1.29 is 9.18 Å².